The Kier molecular flexibility index (Phi) is 28.7. The normalized spacial score (nSPS) is 27.6. The van der Waals surface area contributed by atoms with Crippen LogP contribution in [0.1, 0.15) is 93.3 Å². The van der Waals surface area contributed by atoms with Crippen molar-refractivity contribution >= 4 is 92.1 Å². The average molecular weight is 2010 g/mol. The molecule has 41 nitrogen and oxygen atoms in total. The Morgan fingerprint density at radius 2 is 0.972 bits per heavy atom. The number of aliphatic hydroxyl groups is 10. The highest BCUT2D eigenvalue weighted by atomic mass is 35.5. The smallest absolute Gasteiger partial charge is 0.330 e. The molecule has 0 radical (unpaired) electrons. The molecule has 9 aliphatic heterocycles. The number of hydrogen-bond donors (Lipinski definition) is 24. The number of amides is 7. The number of halogens is 2. The number of carbonyl (C=O) groups excluding carboxylic acids is 7. The van der Waals surface area contributed by atoms with E-state index in [9.17, 15) is 86.2 Å². The molecule has 0 aromatic heterocycles. The second-order valence-corrected chi connectivity index (χ2v) is 36.2. The number of carboxylic acid groups (broad SMARTS) is 1. The predicted molar refractivity (Wildman–Crippen MR) is 500 cm³/mol. The number of rotatable bonds is 17. The Balaban J connectivity index is 0.864. The van der Waals surface area contributed by atoms with Crippen LogP contribution in [-0.2, 0) is 76.8 Å². The van der Waals surface area contributed by atoms with Gasteiger partial charge in [-0.2, -0.15) is 0 Å². The molecule has 3 saturated heterocycles. The standard InChI is InChI=1S/C100H95Cl2N9O32/c1-41(115)105-80-86(124)83(121)71(39-113)140-99(80)142-89-51-17-21-65(60(102)29-51)137-69-32-53-31-68(90(69)143-98-79(85(123)82(120)70(38-112)139-98)104-37-44-11-14-46-7-3-5-9-48(46)23-44)136-64-20-12-42(24-59(64)101)25-61-91(127)107-76(52-26-54(116)33-56(27-52)135-66-30-50(16-19-63(66)119)74(92(128)106-61)103-36-43-10-13-45-6-2-4-8-47(45)22-43)94(130)109-77(53)95(131)108-75-49-15-18-62(118)57(28-49)73-58(78(97(133)134)110-96(132)81(89)111-93(75)129)34-55(117)35-67(73)138-100-88(126)87(125)84(122)72(40-114)141-100/h2-24,26-35,61,70-72,74-89,98-100,103-104,112-114,116-126H,25,36-40H2,1H3,(H,105,115)(H,106,128)(H,107,127)(H,108,131)(H,109,130)(H,110,132)(H,111,129)(H,133,134)/t61-,70-,71-,72-,74+,75-,76+,77-,78+,79-,80-,81+,82-,83-,84-,85-,86-,87+,88+,89-,98+,99+,100+/m1/s1. The van der Waals surface area contributed by atoms with Crippen molar-refractivity contribution in [1.29, 1.82) is 0 Å². The zero-order chi connectivity index (χ0) is 101. The van der Waals surface area contributed by atoms with Crippen LogP contribution in [0.15, 0.2) is 200 Å². The van der Waals surface area contributed by atoms with E-state index in [2.05, 4.69) is 47.9 Å². The first kappa shape index (κ1) is 99.0. The van der Waals surface area contributed by atoms with Crippen LogP contribution in [-0.4, -0.2) is 248 Å². The van der Waals surface area contributed by atoms with Crippen molar-refractivity contribution in [2.75, 3.05) is 19.8 Å². The van der Waals surface area contributed by atoms with E-state index >= 15 is 28.8 Å². The molecule has 20 rings (SSSR count). The largest absolute Gasteiger partial charge is 0.508 e. The van der Waals surface area contributed by atoms with Gasteiger partial charge in [0.15, 0.2) is 35.3 Å². The maximum absolute atomic E-state index is 17.3. The van der Waals surface area contributed by atoms with Crippen LogP contribution in [0.3, 0.4) is 0 Å². The fourth-order valence-corrected chi connectivity index (χ4v) is 18.9. The summed E-state index contributed by atoms with van der Waals surface area (Å²) in [5, 5.41) is 200. The minimum absolute atomic E-state index is 0.00163. The van der Waals surface area contributed by atoms with Gasteiger partial charge in [-0.15, -0.1) is 0 Å². The van der Waals surface area contributed by atoms with Gasteiger partial charge in [0.25, 0.3) is 0 Å². The van der Waals surface area contributed by atoms with Gasteiger partial charge in [-0.25, -0.2) is 4.79 Å². The lowest BCUT2D eigenvalue weighted by Crippen LogP contribution is -2.65. The van der Waals surface area contributed by atoms with Crippen LogP contribution < -0.4 is 71.5 Å². The lowest BCUT2D eigenvalue weighted by Gasteiger charge is -2.44. The Bertz CT molecular complexity index is 6810. The van der Waals surface area contributed by atoms with Crippen LogP contribution in [0.2, 0.25) is 10.0 Å². The molecule has 23 atom stereocenters. The highest BCUT2D eigenvalue weighted by molar-refractivity contribution is 6.32. The van der Waals surface area contributed by atoms with Gasteiger partial charge >= 0.3 is 5.97 Å². The van der Waals surface area contributed by atoms with E-state index in [4.69, 9.17) is 65.8 Å². The summed E-state index contributed by atoms with van der Waals surface area (Å²) in [7, 11) is 0. The van der Waals surface area contributed by atoms with E-state index in [0.29, 0.717) is 11.1 Å². The van der Waals surface area contributed by atoms with E-state index in [0.717, 1.165) is 101 Å². The first-order valence-corrected chi connectivity index (χ1v) is 45.8. The number of hydrogen-bond acceptors (Lipinski definition) is 33. The molecule has 7 amide bonds. The number of aromatic hydroxyl groups is 4. The summed E-state index contributed by atoms with van der Waals surface area (Å²) in [6.07, 6.45) is -28.7. The summed E-state index contributed by atoms with van der Waals surface area (Å²) in [5.74, 6) is -18.2. The fourth-order valence-electron chi connectivity index (χ4n) is 18.4. The van der Waals surface area contributed by atoms with Crippen LogP contribution in [0, 0.1) is 0 Å². The molecule has 11 aromatic carbocycles. The van der Waals surface area contributed by atoms with Crippen molar-refractivity contribution in [2.45, 2.75) is 167 Å². The summed E-state index contributed by atoms with van der Waals surface area (Å²) < 4.78 is 58.5. The first-order valence-electron chi connectivity index (χ1n) is 45.1. The molecule has 143 heavy (non-hydrogen) atoms. The molecule has 0 unspecified atom stereocenters. The number of ether oxygens (including phenoxy) is 9. The lowest BCUT2D eigenvalue weighted by molar-refractivity contribution is -0.284. The van der Waals surface area contributed by atoms with Crippen molar-refractivity contribution in [2.24, 2.45) is 0 Å². The highest BCUT2D eigenvalue weighted by Gasteiger charge is 2.52. The Hall–Kier alpha value is -14.2. The number of fused-ring (bicyclic) bond motifs is 16. The molecule has 11 aromatic rings. The number of carbonyl (C=O) groups is 8. The van der Waals surface area contributed by atoms with Crippen LogP contribution in [0.4, 0.5) is 0 Å². The fraction of sp³-hybridized carbons (Fsp3) is 0.300. The number of phenolic OH excluding ortho intramolecular Hbond substituents is 4. The van der Waals surface area contributed by atoms with E-state index in [-0.39, 0.29) is 57.6 Å². The summed E-state index contributed by atoms with van der Waals surface area (Å²) in [5.41, 5.74) is -2.17. The van der Waals surface area contributed by atoms with Gasteiger partial charge < -0.3 is 162 Å². The third-order valence-electron chi connectivity index (χ3n) is 25.8. The van der Waals surface area contributed by atoms with E-state index in [1.54, 1.807) is 6.07 Å². The van der Waals surface area contributed by atoms with Crippen LogP contribution in [0.25, 0.3) is 32.7 Å². The third kappa shape index (κ3) is 20.6. The Morgan fingerprint density at radius 3 is 1.59 bits per heavy atom. The molecule has 0 aliphatic carbocycles. The summed E-state index contributed by atoms with van der Waals surface area (Å²) >= 11 is 15.0. The van der Waals surface area contributed by atoms with Gasteiger partial charge in [-0.3, -0.25) is 38.9 Å². The molecule has 0 spiro atoms. The van der Waals surface area contributed by atoms with E-state index in [1.165, 1.54) is 42.5 Å². The lowest BCUT2D eigenvalue weighted by atomic mass is 9.89. The first-order chi connectivity index (χ1) is 68.6. The van der Waals surface area contributed by atoms with Gasteiger partial charge in [-0.1, -0.05) is 120 Å². The summed E-state index contributed by atoms with van der Waals surface area (Å²) in [4.78, 5) is 127. The van der Waals surface area contributed by atoms with Gasteiger partial charge in [0.2, 0.25) is 59.7 Å². The van der Waals surface area contributed by atoms with Crippen molar-refractivity contribution in [3.63, 3.8) is 0 Å². The number of aliphatic carboxylic acids is 1. The maximum Gasteiger partial charge on any atom is 0.330 e. The van der Waals surface area contributed by atoms with Crippen LogP contribution in [0.5, 0.6) is 69.0 Å². The molecule has 9 heterocycles. The van der Waals surface area contributed by atoms with Crippen LogP contribution >= 0.6 is 23.2 Å². The average Bonchev–Trinajstić information content (AvgIpc) is 0.753. The second kappa shape index (κ2) is 41.4. The second-order valence-electron chi connectivity index (χ2n) is 35.3. The minimum atomic E-state index is -2.58. The number of benzene rings is 11. The Labute approximate surface area is 820 Å². The molecule has 3 fully saturated rings. The predicted octanol–water partition coefficient (Wildman–Crippen LogP) is 3.83. The quantitative estimate of drug-likeness (QED) is 0.0616. The third-order valence-corrected chi connectivity index (χ3v) is 26.3. The molecule has 17 bridgehead atoms. The SMILES string of the molecule is CC(=O)N[C@H]1[C@H](O[C@@H]2c3ccc(c(Cl)c3)Oc3cc4cc(c3O[C@@H]3O[C@H](CO)[C@@H](O)[C@H](O)[C@H]3NCc3ccc5ccccc5c3)Oc3ccc(cc3Cl)C[C@H]3NC(=O)[C@@H](NCc5ccc6ccccc6c5)c5ccc(O)c(c5)Oc5cc(O)cc(c5)[C@H](NC3=O)C(=O)N[C@H]4C(=O)N[C@H]3C(=O)N[C@@H]2C(=O)N[C@H](C(=O)O)c2cc(O)cc(O[C@H]4O[C@H](CO)[C@@H](O)[C@H](O)[C@@H]4O)c2-c2cc3ccc2O)O[C@H](CO)[C@@H](O)[C@@H]1O. The number of nitrogens with one attached hydrogen (secondary N) is 9. The molecule has 24 N–H and O–H groups in total. The zero-order valence-corrected chi connectivity index (χ0v) is 76.5. The van der Waals surface area contributed by atoms with E-state index < -0.39 is 299 Å². The van der Waals surface area contributed by atoms with Gasteiger partial charge in [-0.05, 0) is 157 Å². The van der Waals surface area contributed by atoms with E-state index in [1.807, 2.05) is 78.9 Å². The number of aliphatic hydroxyl groups excluding tert-OH is 10. The molecule has 9 aliphatic rings. The highest BCUT2D eigenvalue weighted by Crippen LogP contribution is 2.52. The van der Waals surface area contributed by atoms with Gasteiger partial charge in [0, 0.05) is 55.3 Å². The molecule has 0 saturated carbocycles. The van der Waals surface area contributed by atoms with Crippen molar-refractivity contribution in [3.05, 3.63) is 260 Å². The van der Waals surface area contributed by atoms with Crippen molar-refractivity contribution in [1.82, 2.24) is 47.9 Å². The molecular weight excluding hydrogens is 1910 g/mol. The Morgan fingerprint density at radius 1 is 0.434 bits per heavy atom. The van der Waals surface area contributed by atoms with Gasteiger partial charge in [0.05, 0.1) is 35.9 Å². The van der Waals surface area contributed by atoms with Crippen molar-refractivity contribution < 1.29 is 158 Å². The maximum atomic E-state index is 17.3. The number of phenols is 4. The molecular formula is C100H95Cl2N9O32. The molecule has 43 heteroatoms. The van der Waals surface area contributed by atoms with Gasteiger partial charge in [0.1, 0.15) is 150 Å². The topological polar surface area (TPSA) is 631 Å². The minimum Gasteiger partial charge on any atom is -0.508 e. The zero-order valence-electron chi connectivity index (χ0n) is 75.0. The number of carboxylic acids is 1. The monoisotopic (exact) mass is 2000 g/mol. The molecule has 746 valence electrons. The summed E-state index contributed by atoms with van der Waals surface area (Å²) in [6.45, 7) is -2.19. The van der Waals surface area contributed by atoms with Crippen molar-refractivity contribution in [3.8, 4) is 80.1 Å². The summed E-state index contributed by atoms with van der Waals surface area (Å²) in [6, 6.07) is 28.2.